The predicted octanol–water partition coefficient (Wildman–Crippen LogP) is 1.71. The number of methoxy groups -OCH3 is 1. The van der Waals surface area contributed by atoms with Crippen molar-refractivity contribution in [1.29, 1.82) is 0 Å². The van der Waals surface area contributed by atoms with Gasteiger partial charge in [0, 0.05) is 32.3 Å². The van der Waals surface area contributed by atoms with Gasteiger partial charge in [0.15, 0.2) is 0 Å². The quantitative estimate of drug-likeness (QED) is 0.711. The van der Waals surface area contributed by atoms with Gasteiger partial charge in [-0.15, -0.1) is 0 Å². The highest BCUT2D eigenvalue weighted by atomic mass is 16.5. The number of hydrogen-bond acceptors (Lipinski definition) is 3. The summed E-state index contributed by atoms with van der Waals surface area (Å²) < 4.78 is 4.88. The lowest BCUT2D eigenvalue weighted by atomic mass is 10.2. The van der Waals surface area contributed by atoms with Crippen LogP contribution in [0.2, 0.25) is 0 Å². The van der Waals surface area contributed by atoms with Crippen molar-refractivity contribution in [3.63, 3.8) is 0 Å². The molecule has 2 amide bonds. The molecule has 0 aliphatic carbocycles. The van der Waals surface area contributed by atoms with E-state index in [0.717, 1.165) is 5.69 Å². The Hall–Kier alpha value is -2.08. The highest BCUT2D eigenvalue weighted by Gasteiger charge is 2.15. The summed E-state index contributed by atoms with van der Waals surface area (Å²) in [7, 11) is 1.56. The lowest BCUT2D eigenvalue weighted by Gasteiger charge is -2.23. The molecule has 1 aromatic rings. The molecular formula is C14H20N2O4. The molecular weight excluding hydrogens is 260 g/mol. The van der Waals surface area contributed by atoms with E-state index in [1.165, 1.54) is 0 Å². The van der Waals surface area contributed by atoms with Gasteiger partial charge in [0.2, 0.25) is 0 Å². The Morgan fingerprint density at radius 3 is 2.60 bits per heavy atom. The second-order valence-electron chi connectivity index (χ2n) is 4.21. The van der Waals surface area contributed by atoms with Gasteiger partial charge in [0.25, 0.3) is 0 Å². The number of carbonyl (C=O) groups excluding carboxylic acids is 1. The Kier molecular flexibility index (Phi) is 7.13. The smallest absolute Gasteiger partial charge is 0.321 e. The van der Waals surface area contributed by atoms with Gasteiger partial charge in [-0.25, -0.2) is 4.79 Å². The Morgan fingerprint density at radius 2 is 2.00 bits per heavy atom. The molecule has 2 N–H and O–H groups in total. The first-order valence-electron chi connectivity index (χ1n) is 6.46. The van der Waals surface area contributed by atoms with Gasteiger partial charge in [-0.3, -0.25) is 9.69 Å². The number of carboxylic acid groups (broad SMARTS) is 1. The maximum absolute atomic E-state index is 12.1. The van der Waals surface area contributed by atoms with Crippen molar-refractivity contribution in [3.8, 4) is 0 Å². The van der Waals surface area contributed by atoms with E-state index < -0.39 is 5.97 Å². The van der Waals surface area contributed by atoms with E-state index in [-0.39, 0.29) is 12.5 Å². The molecule has 6 heteroatoms. The minimum Gasteiger partial charge on any atom is -0.481 e. The molecule has 1 aromatic carbocycles. The topological polar surface area (TPSA) is 78.9 Å². The summed E-state index contributed by atoms with van der Waals surface area (Å²) in [6.45, 7) is 1.20. The second-order valence-corrected chi connectivity index (χ2v) is 4.21. The molecule has 0 heterocycles. The third kappa shape index (κ3) is 5.71. The van der Waals surface area contributed by atoms with Crippen LogP contribution in [-0.4, -0.2) is 43.9 Å². The molecule has 0 saturated carbocycles. The van der Waals surface area contributed by atoms with Crippen molar-refractivity contribution in [1.82, 2.24) is 5.32 Å². The number of aliphatic carboxylic acids is 1. The lowest BCUT2D eigenvalue weighted by Crippen LogP contribution is -2.42. The van der Waals surface area contributed by atoms with E-state index >= 15 is 0 Å². The van der Waals surface area contributed by atoms with E-state index in [2.05, 4.69) is 5.32 Å². The Morgan fingerprint density at radius 1 is 1.30 bits per heavy atom. The van der Waals surface area contributed by atoms with Gasteiger partial charge in [0.1, 0.15) is 0 Å². The number of nitrogens with one attached hydrogen (secondary N) is 1. The maximum Gasteiger partial charge on any atom is 0.321 e. The third-order valence-corrected chi connectivity index (χ3v) is 2.67. The largest absolute Gasteiger partial charge is 0.481 e. The minimum atomic E-state index is -0.863. The van der Waals surface area contributed by atoms with E-state index in [1.54, 1.807) is 12.0 Å². The van der Waals surface area contributed by atoms with Crippen LogP contribution in [0.3, 0.4) is 0 Å². The van der Waals surface area contributed by atoms with Gasteiger partial charge < -0.3 is 15.2 Å². The maximum atomic E-state index is 12.1. The van der Waals surface area contributed by atoms with Crippen molar-refractivity contribution in [2.45, 2.75) is 12.8 Å². The number of carboxylic acids is 1. The number of rotatable bonds is 8. The zero-order valence-corrected chi connectivity index (χ0v) is 11.5. The molecule has 0 unspecified atom stereocenters. The summed E-state index contributed by atoms with van der Waals surface area (Å²) >= 11 is 0. The number of urea groups is 1. The minimum absolute atomic E-state index is 0.0364. The fourth-order valence-corrected chi connectivity index (χ4v) is 1.70. The summed E-state index contributed by atoms with van der Waals surface area (Å²) in [6, 6.07) is 8.91. The van der Waals surface area contributed by atoms with Crippen LogP contribution in [0.4, 0.5) is 10.5 Å². The van der Waals surface area contributed by atoms with Crippen molar-refractivity contribution < 1.29 is 19.4 Å². The van der Waals surface area contributed by atoms with E-state index in [4.69, 9.17) is 9.84 Å². The second kappa shape index (κ2) is 8.92. The standard InChI is InChI=1S/C14H20N2O4/c1-20-11-9-15-14(19)16(10-5-8-13(17)18)12-6-3-2-4-7-12/h2-4,6-7H,5,8-11H2,1H3,(H,15,19)(H,17,18). The van der Waals surface area contributed by atoms with Crippen LogP contribution in [0.25, 0.3) is 0 Å². The molecule has 20 heavy (non-hydrogen) atoms. The van der Waals surface area contributed by atoms with Gasteiger partial charge in [-0.05, 0) is 18.6 Å². The first kappa shape index (κ1) is 16.0. The number of anilines is 1. The highest BCUT2D eigenvalue weighted by Crippen LogP contribution is 2.14. The van der Waals surface area contributed by atoms with E-state index in [0.29, 0.717) is 26.1 Å². The molecule has 1 rings (SSSR count). The number of carbonyl (C=O) groups is 2. The average Bonchev–Trinajstić information content (AvgIpc) is 2.44. The number of amides is 2. The van der Waals surface area contributed by atoms with Gasteiger partial charge in [0.05, 0.1) is 6.61 Å². The molecule has 0 aromatic heterocycles. The third-order valence-electron chi connectivity index (χ3n) is 2.67. The Labute approximate surface area is 118 Å². The molecule has 110 valence electrons. The molecule has 0 bridgehead atoms. The molecule has 0 aliphatic rings. The molecule has 0 atom stereocenters. The zero-order chi connectivity index (χ0) is 14.8. The average molecular weight is 280 g/mol. The SMILES string of the molecule is COCCNC(=O)N(CCCC(=O)O)c1ccccc1. The first-order chi connectivity index (χ1) is 9.65. The summed E-state index contributed by atoms with van der Waals surface area (Å²) in [5.41, 5.74) is 0.743. The number of benzene rings is 1. The van der Waals surface area contributed by atoms with Crippen LogP contribution in [0.1, 0.15) is 12.8 Å². The van der Waals surface area contributed by atoms with Crippen LogP contribution in [0, 0.1) is 0 Å². The molecule has 0 fully saturated rings. The van der Waals surface area contributed by atoms with E-state index in [9.17, 15) is 9.59 Å². The summed E-state index contributed by atoms with van der Waals surface area (Å²) in [6.07, 6.45) is 0.441. The number of hydrogen-bond donors (Lipinski definition) is 2. The fourth-order valence-electron chi connectivity index (χ4n) is 1.70. The number of nitrogens with zero attached hydrogens (tertiary/aromatic N) is 1. The van der Waals surface area contributed by atoms with Crippen LogP contribution < -0.4 is 10.2 Å². The Bertz CT molecular complexity index is 422. The summed E-state index contributed by atoms with van der Waals surface area (Å²) in [4.78, 5) is 24.2. The molecule has 0 aliphatic heterocycles. The summed E-state index contributed by atoms with van der Waals surface area (Å²) in [5.74, 6) is -0.863. The predicted molar refractivity (Wildman–Crippen MR) is 75.9 cm³/mol. The van der Waals surface area contributed by atoms with Crippen molar-refractivity contribution in [3.05, 3.63) is 30.3 Å². The van der Waals surface area contributed by atoms with Gasteiger partial charge in [-0.2, -0.15) is 0 Å². The van der Waals surface area contributed by atoms with Crippen LogP contribution in [-0.2, 0) is 9.53 Å². The van der Waals surface area contributed by atoms with Gasteiger partial charge in [-0.1, -0.05) is 18.2 Å². The highest BCUT2D eigenvalue weighted by molar-refractivity contribution is 5.91. The zero-order valence-electron chi connectivity index (χ0n) is 11.5. The lowest BCUT2D eigenvalue weighted by molar-refractivity contribution is -0.137. The van der Waals surface area contributed by atoms with E-state index in [1.807, 2.05) is 30.3 Å². The number of para-hydroxylation sites is 1. The van der Waals surface area contributed by atoms with Gasteiger partial charge >= 0.3 is 12.0 Å². The fraction of sp³-hybridized carbons (Fsp3) is 0.429. The Balaban J connectivity index is 2.63. The van der Waals surface area contributed by atoms with Crippen molar-refractivity contribution >= 4 is 17.7 Å². The normalized spacial score (nSPS) is 10.1. The van der Waals surface area contributed by atoms with Crippen molar-refractivity contribution in [2.75, 3.05) is 31.7 Å². The molecule has 6 nitrogen and oxygen atoms in total. The molecule has 0 spiro atoms. The van der Waals surface area contributed by atoms with Crippen LogP contribution in [0.15, 0.2) is 30.3 Å². The van der Waals surface area contributed by atoms with Crippen LogP contribution >= 0.6 is 0 Å². The molecule has 0 saturated heterocycles. The van der Waals surface area contributed by atoms with Crippen molar-refractivity contribution in [2.24, 2.45) is 0 Å². The monoisotopic (exact) mass is 280 g/mol. The van der Waals surface area contributed by atoms with Crippen LogP contribution in [0.5, 0.6) is 0 Å². The summed E-state index contributed by atoms with van der Waals surface area (Å²) in [5, 5.41) is 11.4. The molecule has 0 radical (unpaired) electrons. The first-order valence-corrected chi connectivity index (χ1v) is 6.46. The number of ether oxygens (including phenoxy) is 1.